The molecule has 554 valence electrons. The summed E-state index contributed by atoms with van der Waals surface area (Å²) in [5.41, 5.74) is 14.9. The van der Waals surface area contributed by atoms with Crippen molar-refractivity contribution in [3.8, 4) is 0 Å². The first-order valence-electron chi connectivity index (χ1n) is 37.4. The van der Waals surface area contributed by atoms with Crippen LogP contribution in [0.3, 0.4) is 0 Å². The molecule has 12 N–H and O–H groups in total. The summed E-state index contributed by atoms with van der Waals surface area (Å²) in [6.45, 7) is 10.4. The molecule has 2 aliphatic heterocycles. The highest BCUT2D eigenvalue weighted by Gasteiger charge is 2.30. The maximum absolute atomic E-state index is 13.6. The highest BCUT2D eigenvalue weighted by Crippen LogP contribution is 2.26. The average molecular weight is 1440 g/mol. The van der Waals surface area contributed by atoms with E-state index in [4.69, 9.17) is 15.2 Å². The van der Waals surface area contributed by atoms with Crippen molar-refractivity contribution in [3.05, 3.63) is 252 Å². The highest BCUT2D eigenvalue weighted by atomic mass is 16.6. The number of nitrogens with zero attached hydrogens (tertiary/aromatic N) is 2. The zero-order chi connectivity index (χ0) is 74.3. The van der Waals surface area contributed by atoms with Crippen LogP contribution in [-0.2, 0) is 62.4 Å². The fraction of sp³-hybridized carbons (Fsp3) is 0.302. The van der Waals surface area contributed by atoms with Gasteiger partial charge in [0, 0.05) is 148 Å². The van der Waals surface area contributed by atoms with Gasteiger partial charge in [0.2, 0.25) is 11.8 Å². The van der Waals surface area contributed by atoms with E-state index < -0.39 is 30.4 Å². The van der Waals surface area contributed by atoms with Crippen LogP contribution in [0.5, 0.6) is 0 Å². The van der Waals surface area contributed by atoms with Crippen molar-refractivity contribution in [1.29, 1.82) is 0 Å². The maximum Gasteiger partial charge on any atom is 0.410 e. The summed E-state index contributed by atoms with van der Waals surface area (Å²) in [6, 6.07) is 65.9. The average Bonchev–Trinajstić information content (AvgIpc) is 1.65. The van der Waals surface area contributed by atoms with Gasteiger partial charge in [-0.05, 0) is 110 Å². The van der Waals surface area contributed by atoms with E-state index in [0.29, 0.717) is 71.4 Å². The van der Waals surface area contributed by atoms with Crippen LogP contribution in [0.15, 0.2) is 219 Å². The number of aromatic amines is 3. The number of benzene rings is 9. The van der Waals surface area contributed by atoms with Crippen LogP contribution in [0, 0.1) is 0 Å². The van der Waals surface area contributed by atoms with E-state index in [2.05, 4.69) is 139 Å². The third-order valence-corrected chi connectivity index (χ3v) is 19.9. The Bertz CT molecular complexity index is 4980. The maximum atomic E-state index is 13.6. The SMILES string of the molecule is CCC(Cc1c[nH]c2ccccc12)NC(=O)C(Cc1ccc2ccccc2c1)NC(=O)NCCN.CCC(Cc1c[nH]c2ccccc12)NC(=O)C(Cc1ccc2ccccc2c1)OC(=O)N1CCNCC1.O=C(Cc1c[nH]c2ccccc12)NCC(Cc1ccc2ccccc2c1)OC(=O)N1CCNCC1. The fourth-order valence-corrected chi connectivity index (χ4v) is 13.9. The molecule has 107 heavy (non-hydrogen) atoms. The third kappa shape index (κ3) is 20.7. The van der Waals surface area contributed by atoms with Crippen LogP contribution in [-0.4, -0.2) is 163 Å². The second-order valence-corrected chi connectivity index (χ2v) is 27.4. The molecule has 0 saturated carbocycles. The van der Waals surface area contributed by atoms with E-state index in [1.54, 1.807) is 9.80 Å². The summed E-state index contributed by atoms with van der Waals surface area (Å²) in [7, 11) is 0. The van der Waals surface area contributed by atoms with Crippen molar-refractivity contribution in [3.63, 3.8) is 0 Å². The molecular weight excluding hydrogens is 1340 g/mol. The molecule has 3 aromatic heterocycles. The molecule has 0 spiro atoms. The van der Waals surface area contributed by atoms with Crippen LogP contribution in [0.2, 0.25) is 0 Å². The number of para-hydroxylation sites is 3. The number of carbonyl (C=O) groups excluding carboxylic acids is 6. The summed E-state index contributed by atoms with van der Waals surface area (Å²) in [5, 5.41) is 31.5. The Morgan fingerprint density at radius 1 is 0.439 bits per heavy atom. The van der Waals surface area contributed by atoms with Gasteiger partial charge >= 0.3 is 18.2 Å². The van der Waals surface area contributed by atoms with E-state index in [9.17, 15) is 28.8 Å². The van der Waals surface area contributed by atoms with Gasteiger partial charge in [-0.1, -0.05) is 196 Å². The van der Waals surface area contributed by atoms with Gasteiger partial charge in [0.25, 0.3) is 5.91 Å². The zero-order valence-electron chi connectivity index (χ0n) is 60.8. The molecule has 0 radical (unpaired) electrons. The smallest absolute Gasteiger partial charge is 0.410 e. The Labute approximate surface area is 623 Å². The monoisotopic (exact) mass is 1440 g/mol. The number of hydrogen-bond donors (Lipinski definition) is 11. The summed E-state index contributed by atoms with van der Waals surface area (Å²) >= 11 is 0. The molecule has 14 rings (SSSR count). The topological polar surface area (TPSA) is 285 Å². The van der Waals surface area contributed by atoms with Crippen molar-refractivity contribution >= 4 is 101 Å². The normalized spacial score (nSPS) is 14.3. The Morgan fingerprint density at radius 2 is 0.850 bits per heavy atom. The Balaban J connectivity index is 0.000000150. The van der Waals surface area contributed by atoms with Gasteiger partial charge < -0.3 is 77.2 Å². The number of carbonyl (C=O) groups is 6. The van der Waals surface area contributed by atoms with Gasteiger partial charge in [-0.3, -0.25) is 14.4 Å². The molecule has 9 aromatic carbocycles. The molecular formula is C86H97N13O8. The number of H-pyrrole nitrogens is 3. The lowest BCUT2D eigenvalue weighted by Gasteiger charge is -2.29. The van der Waals surface area contributed by atoms with Gasteiger partial charge in [-0.25, -0.2) is 14.4 Å². The van der Waals surface area contributed by atoms with E-state index in [1.807, 2.05) is 146 Å². The number of amides is 7. The van der Waals surface area contributed by atoms with Crippen molar-refractivity contribution in [1.82, 2.24) is 62.0 Å². The Morgan fingerprint density at radius 3 is 1.33 bits per heavy atom. The molecule has 12 aromatic rings. The summed E-state index contributed by atoms with van der Waals surface area (Å²) in [5.74, 6) is -0.562. The third-order valence-electron chi connectivity index (χ3n) is 19.9. The second kappa shape index (κ2) is 37.4. The van der Waals surface area contributed by atoms with Crippen LogP contribution < -0.4 is 43.0 Å². The number of piperazine rings is 2. The molecule has 2 saturated heterocycles. The number of nitrogens with two attached hydrogens (primary N) is 1. The largest absolute Gasteiger partial charge is 0.444 e. The molecule has 0 aliphatic carbocycles. The molecule has 7 amide bonds. The lowest BCUT2D eigenvalue weighted by molar-refractivity contribution is -0.131. The van der Waals surface area contributed by atoms with Crippen LogP contribution in [0.4, 0.5) is 14.4 Å². The number of rotatable bonds is 25. The lowest BCUT2D eigenvalue weighted by atomic mass is 9.99. The molecule has 2 fully saturated rings. The first-order chi connectivity index (χ1) is 52.3. The predicted molar refractivity (Wildman–Crippen MR) is 425 cm³/mol. The summed E-state index contributed by atoms with van der Waals surface area (Å²) < 4.78 is 11.8. The van der Waals surface area contributed by atoms with E-state index in [0.717, 1.165) is 137 Å². The minimum Gasteiger partial charge on any atom is -0.444 e. The van der Waals surface area contributed by atoms with E-state index in [1.165, 1.54) is 0 Å². The number of fused-ring (bicyclic) bond motifs is 6. The quantitative estimate of drug-likeness (QED) is 0.0256. The molecule has 5 atom stereocenters. The van der Waals surface area contributed by atoms with Crippen LogP contribution in [0.25, 0.3) is 65.0 Å². The minimum atomic E-state index is -0.916. The Hall–Kier alpha value is -11.5. The highest BCUT2D eigenvalue weighted by molar-refractivity contribution is 5.92. The minimum absolute atomic E-state index is 0.0605. The first-order valence-corrected chi connectivity index (χ1v) is 37.4. The van der Waals surface area contributed by atoms with Crippen molar-refractivity contribution in [2.75, 3.05) is 72.0 Å². The van der Waals surface area contributed by atoms with Crippen molar-refractivity contribution in [2.24, 2.45) is 5.73 Å². The Kier molecular flexibility index (Phi) is 26.3. The molecule has 5 heterocycles. The number of ether oxygens (including phenoxy) is 2. The second-order valence-electron chi connectivity index (χ2n) is 27.4. The summed E-state index contributed by atoms with van der Waals surface area (Å²) in [4.78, 5) is 91.2. The van der Waals surface area contributed by atoms with Gasteiger partial charge in [0.05, 0.1) is 13.0 Å². The van der Waals surface area contributed by atoms with E-state index in [-0.39, 0.29) is 48.9 Å². The molecule has 2 aliphatic rings. The number of urea groups is 1. The standard InChI is InChI=1S/C30H34N4O3.C28H33N5O2.C28H30N4O3/c1-2-25(19-24-20-32-27-10-6-5-9-26(24)27)33-29(35)28(37-30(36)34-15-13-31-14-16-34)18-21-11-12-22-7-3-4-8-23(22)17-21;1-2-23(17-22-18-31-25-10-6-5-9-24(22)25)32-27(34)26(33-28(35)30-14-13-29)16-19-11-12-20-7-3-4-8-21(20)15-19;33-27(17-23-18-30-26-8-4-3-7-25(23)26)31-19-24(35-28(34)32-13-11-29-12-14-32)16-20-9-10-21-5-1-2-6-22(21)15-20/h3-12,17,20,25,28,31-32H,2,13-16,18-19H2,1H3,(H,33,35);3-12,15,18,23,26,31H,2,13-14,16-17,29H2,1H3,(H,32,34)(H2,30,33,35);1-10,15,18,24,29-30H,11-14,16-17,19H2,(H,31,33). The predicted octanol–water partition coefficient (Wildman–Crippen LogP) is 11.7. The van der Waals surface area contributed by atoms with Gasteiger partial charge in [0.1, 0.15) is 12.1 Å². The van der Waals surface area contributed by atoms with Crippen molar-refractivity contribution < 1.29 is 38.2 Å². The zero-order valence-corrected chi connectivity index (χ0v) is 60.8. The molecule has 0 bridgehead atoms. The van der Waals surface area contributed by atoms with E-state index >= 15 is 0 Å². The number of nitrogens with one attached hydrogen (secondary N) is 10. The molecule has 21 heteroatoms. The van der Waals surface area contributed by atoms with Crippen LogP contribution in [0.1, 0.15) is 60.1 Å². The first kappa shape index (κ1) is 75.2. The van der Waals surface area contributed by atoms with Crippen LogP contribution >= 0.6 is 0 Å². The van der Waals surface area contributed by atoms with Gasteiger partial charge in [-0.2, -0.15) is 0 Å². The number of aromatic nitrogens is 3. The fourth-order valence-electron chi connectivity index (χ4n) is 13.9. The molecule has 5 unspecified atom stereocenters. The number of hydrogen-bond acceptors (Lipinski definition) is 11. The van der Waals surface area contributed by atoms with Gasteiger partial charge in [-0.15, -0.1) is 0 Å². The summed E-state index contributed by atoms with van der Waals surface area (Å²) in [6.07, 6.45) is 8.16. The lowest BCUT2D eigenvalue weighted by Crippen LogP contribution is -2.53. The molecule has 21 nitrogen and oxygen atoms in total. The van der Waals surface area contributed by atoms with Gasteiger partial charge in [0.15, 0.2) is 6.10 Å². The van der Waals surface area contributed by atoms with Crippen molar-refractivity contribution in [2.45, 2.75) is 95.5 Å².